The Balaban J connectivity index is 1.70. The molecule has 0 bridgehead atoms. The van der Waals surface area contributed by atoms with E-state index in [9.17, 15) is 24.3 Å². The highest BCUT2D eigenvalue weighted by Crippen LogP contribution is 2.83. The summed E-state index contributed by atoms with van der Waals surface area (Å²) in [5.41, 5.74) is -7.27. The molecule has 9 atom stereocenters. The number of hydrogen-bond donors (Lipinski definition) is 1. The van der Waals surface area contributed by atoms with Crippen molar-refractivity contribution in [2.75, 3.05) is 0 Å². The van der Waals surface area contributed by atoms with E-state index in [0.717, 1.165) is 0 Å². The molecule has 0 aromatic heterocycles. The molecule has 4 heterocycles. The highest BCUT2D eigenvalue weighted by molar-refractivity contribution is 6.38. The molecule has 0 amide bonds. The molecule has 2 saturated carbocycles. The number of Topliss-reactive ketones (excluding diaryl/α,β-unsaturated/α-hetero) is 1. The van der Waals surface area contributed by atoms with Crippen LogP contribution in [0.5, 0.6) is 0 Å². The van der Waals surface area contributed by atoms with Crippen LogP contribution >= 0.6 is 0 Å². The Morgan fingerprint density at radius 2 is 1.72 bits per heavy atom. The van der Waals surface area contributed by atoms with Crippen molar-refractivity contribution in [3.63, 3.8) is 0 Å². The Hall–Kier alpha value is -2.00. The van der Waals surface area contributed by atoms with E-state index in [1.807, 2.05) is 20.8 Å². The van der Waals surface area contributed by atoms with Gasteiger partial charge in [0.1, 0.15) is 17.6 Å². The first-order valence-corrected chi connectivity index (χ1v) is 9.98. The highest BCUT2D eigenvalue weighted by Gasteiger charge is 3.01. The highest BCUT2D eigenvalue weighted by atomic mass is 16.7. The monoisotopic (exact) mass is 406 g/mol. The average Bonchev–Trinajstić information content (AvgIpc) is 3.31. The second-order valence-corrected chi connectivity index (χ2v) is 10.4. The third-order valence-electron chi connectivity index (χ3n) is 8.76. The molecule has 0 unspecified atom stereocenters. The molecule has 29 heavy (non-hydrogen) atoms. The number of hydrogen-bond acceptors (Lipinski definition) is 9. The summed E-state index contributed by atoms with van der Waals surface area (Å²) in [7, 11) is 0. The van der Waals surface area contributed by atoms with Crippen LogP contribution in [0.15, 0.2) is 0 Å². The molecular weight excluding hydrogens is 384 g/mol. The van der Waals surface area contributed by atoms with Gasteiger partial charge >= 0.3 is 17.9 Å². The molecule has 4 saturated heterocycles. The van der Waals surface area contributed by atoms with E-state index in [4.69, 9.17) is 18.9 Å². The Labute approximate surface area is 166 Å². The normalized spacial score (nSPS) is 56.7. The SMILES string of the molecule is C[C@@H]1C(=O)O[C@H]2C[C@@]34[C@H]5C[C@@H](C(C)(C)C)[C@]36C(=O)C(=O)O[C@H]6O[C@@]4(C(=O)O5)[C@]21O. The fourth-order valence-corrected chi connectivity index (χ4v) is 7.83. The molecule has 2 spiro atoms. The van der Waals surface area contributed by atoms with E-state index in [1.165, 1.54) is 6.92 Å². The Morgan fingerprint density at radius 3 is 2.38 bits per heavy atom. The summed E-state index contributed by atoms with van der Waals surface area (Å²) in [6.45, 7) is 7.33. The number of rotatable bonds is 0. The third kappa shape index (κ3) is 1.31. The molecule has 0 aromatic carbocycles. The number of ketones is 1. The Bertz CT molecular complexity index is 935. The van der Waals surface area contributed by atoms with Crippen LogP contribution < -0.4 is 0 Å². The lowest BCUT2D eigenvalue weighted by Gasteiger charge is -2.43. The van der Waals surface area contributed by atoms with Gasteiger partial charge in [-0.3, -0.25) is 9.59 Å². The molecule has 6 fully saturated rings. The van der Waals surface area contributed by atoms with Gasteiger partial charge in [0.2, 0.25) is 11.9 Å². The molecule has 6 rings (SSSR count). The second-order valence-electron chi connectivity index (χ2n) is 10.4. The van der Waals surface area contributed by atoms with Gasteiger partial charge in [0.05, 0.1) is 11.3 Å². The van der Waals surface area contributed by atoms with Crippen molar-refractivity contribution < 1.29 is 43.2 Å². The van der Waals surface area contributed by atoms with E-state index in [0.29, 0.717) is 6.42 Å². The molecule has 1 N–H and O–H groups in total. The standard InChI is InChI=1S/C20H22O9/c1-7-12(22)26-10-6-17-9-5-8(16(2,3)4)18(17)11(21)13(23)28-15(18)29-20(17,14(24)27-9)19(7,10)25/h7-10,15,25H,5-6H2,1-4H3/t7-,8+,9-,10+,15+,17-,18-,19-,20-/m1/s1. The lowest BCUT2D eigenvalue weighted by atomic mass is 9.52. The maximum atomic E-state index is 13.5. The van der Waals surface area contributed by atoms with Gasteiger partial charge in [-0.05, 0) is 24.7 Å². The molecule has 4 aliphatic heterocycles. The van der Waals surface area contributed by atoms with Crippen LogP contribution in [0.2, 0.25) is 0 Å². The van der Waals surface area contributed by atoms with Crippen LogP contribution in [-0.2, 0) is 38.1 Å². The van der Waals surface area contributed by atoms with Gasteiger partial charge in [-0.25, -0.2) is 9.59 Å². The summed E-state index contributed by atoms with van der Waals surface area (Å²) in [5, 5.41) is 11.8. The Morgan fingerprint density at radius 1 is 1.03 bits per heavy atom. The number of carbonyl (C=O) groups excluding carboxylic acids is 4. The van der Waals surface area contributed by atoms with Gasteiger partial charge in [-0.2, -0.15) is 0 Å². The van der Waals surface area contributed by atoms with Gasteiger partial charge in [0.25, 0.3) is 5.78 Å². The quantitative estimate of drug-likeness (QED) is 0.332. The van der Waals surface area contributed by atoms with Crippen LogP contribution in [0.25, 0.3) is 0 Å². The number of ether oxygens (including phenoxy) is 4. The van der Waals surface area contributed by atoms with Crippen molar-refractivity contribution in [1.29, 1.82) is 0 Å². The maximum Gasteiger partial charge on any atom is 0.377 e. The summed E-state index contributed by atoms with van der Waals surface area (Å²) in [6, 6.07) is 0. The van der Waals surface area contributed by atoms with Crippen molar-refractivity contribution in [2.24, 2.45) is 28.1 Å². The zero-order chi connectivity index (χ0) is 20.9. The minimum Gasteiger partial charge on any atom is -0.459 e. The summed E-state index contributed by atoms with van der Waals surface area (Å²) in [4.78, 5) is 51.5. The van der Waals surface area contributed by atoms with Gasteiger partial charge in [-0.15, -0.1) is 0 Å². The van der Waals surface area contributed by atoms with Crippen LogP contribution in [0, 0.1) is 28.1 Å². The first kappa shape index (κ1) is 17.8. The van der Waals surface area contributed by atoms with Gasteiger partial charge in [0.15, 0.2) is 5.60 Å². The molecule has 6 aliphatic rings. The molecule has 9 heteroatoms. The lowest BCUT2D eigenvalue weighted by Crippen LogP contribution is -2.66. The number of fused-ring (bicyclic) bond motifs is 1. The van der Waals surface area contributed by atoms with Crippen LogP contribution in [0.3, 0.4) is 0 Å². The minimum atomic E-state index is -2.01. The van der Waals surface area contributed by atoms with Crippen LogP contribution in [0.4, 0.5) is 0 Å². The van der Waals surface area contributed by atoms with Crippen molar-refractivity contribution in [1.82, 2.24) is 0 Å². The summed E-state index contributed by atoms with van der Waals surface area (Å²) >= 11 is 0. The average molecular weight is 406 g/mol. The van der Waals surface area contributed by atoms with E-state index in [2.05, 4.69) is 0 Å². The second kappa shape index (κ2) is 4.37. The van der Waals surface area contributed by atoms with Gasteiger partial charge in [-0.1, -0.05) is 20.8 Å². The molecular formula is C20H22O9. The molecule has 2 aliphatic carbocycles. The fourth-order valence-electron chi connectivity index (χ4n) is 7.83. The van der Waals surface area contributed by atoms with E-state index < -0.39 is 81.5 Å². The number of esters is 3. The van der Waals surface area contributed by atoms with Crippen LogP contribution in [0.1, 0.15) is 40.5 Å². The first-order chi connectivity index (χ1) is 13.4. The zero-order valence-corrected chi connectivity index (χ0v) is 16.5. The fraction of sp³-hybridized carbons (Fsp3) is 0.800. The predicted molar refractivity (Wildman–Crippen MR) is 89.6 cm³/mol. The first-order valence-electron chi connectivity index (χ1n) is 9.98. The van der Waals surface area contributed by atoms with Crippen molar-refractivity contribution in [3.05, 3.63) is 0 Å². The largest absolute Gasteiger partial charge is 0.459 e. The van der Waals surface area contributed by atoms with E-state index in [-0.39, 0.29) is 6.42 Å². The topological polar surface area (TPSA) is 125 Å². The zero-order valence-electron chi connectivity index (χ0n) is 16.5. The lowest BCUT2D eigenvalue weighted by molar-refractivity contribution is -0.238. The summed E-state index contributed by atoms with van der Waals surface area (Å²) < 4.78 is 22.7. The molecule has 9 nitrogen and oxygen atoms in total. The molecule has 0 aromatic rings. The van der Waals surface area contributed by atoms with Gasteiger partial charge in [0, 0.05) is 6.42 Å². The molecule has 0 radical (unpaired) electrons. The van der Waals surface area contributed by atoms with E-state index in [1.54, 1.807) is 0 Å². The Kier molecular flexibility index (Phi) is 2.68. The minimum absolute atomic E-state index is 0.00144. The van der Waals surface area contributed by atoms with E-state index >= 15 is 0 Å². The summed E-state index contributed by atoms with van der Waals surface area (Å²) in [5.74, 6) is -4.65. The number of carbonyl (C=O) groups is 4. The van der Waals surface area contributed by atoms with Crippen molar-refractivity contribution in [3.8, 4) is 0 Å². The summed E-state index contributed by atoms with van der Waals surface area (Å²) in [6.07, 6.45) is -2.74. The van der Waals surface area contributed by atoms with Crippen molar-refractivity contribution in [2.45, 2.75) is 70.2 Å². The molecule has 156 valence electrons. The van der Waals surface area contributed by atoms with Crippen LogP contribution in [-0.4, -0.2) is 58.5 Å². The van der Waals surface area contributed by atoms with Gasteiger partial charge < -0.3 is 24.1 Å². The predicted octanol–water partition coefficient (Wildman–Crippen LogP) is -0.132. The smallest absolute Gasteiger partial charge is 0.377 e. The third-order valence-corrected chi connectivity index (χ3v) is 8.76. The number of aliphatic hydroxyl groups is 1. The maximum absolute atomic E-state index is 13.5. The van der Waals surface area contributed by atoms with Crippen molar-refractivity contribution >= 4 is 23.7 Å².